The Morgan fingerprint density at radius 3 is 2.10 bits per heavy atom. The van der Waals surface area contributed by atoms with Gasteiger partial charge >= 0.3 is 5.97 Å². The molecule has 160 valence electrons. The molecule has 0 heterocycles. The van der Waals surface area contributed by atoms with Crippen molar-refractivity contribution in [1.82, 2.24) is 5.32 Å². The Hall–Kier alpha value is -3.60. The molecule has 1 amide bonds. The van der Waals surface area contributed by atoms with Gasteiger partial charge in [0.25, 0.3) is 0 Å². The number of hydrogen-bond donors (Lipinski definition) is 1. The fourth-order valence-electron chi connectivity index (χ4n) is 3.17. The molecule has 0 bridgehead atoms. The van der Waals surface area contributed by atoms with Crippen LogP contribution in [0, 0.1) is 0 Å². The van der Waals surface area contributed by atoms with Gasteiger partial charge in [0.15, 0.2) is 6.61 Å². The molecule has 31 heavy (non-hydrogen) atoms. The van der Waals surface area contributed by atoms with Crippen molar-refractivity contribution in [2.75, 3.05) is 13.2 Å². The number of carbonyl (C=O) groups excluding carboxylic acids is 2. The maximum absolute atomic E-state index is 12.5. The van der Waals surface area contributed by atoms with Crippen molar-refractivity contribution in [1.29, 1.82) is 0 Å². The van der Waals surface area contributed by atoms with E-state index in [2.05, 4.69) is 17.4 Å². The Kier molecular flexibility index (Phi) is 8.68. The van der Waals surface area contributed by atoms with E-state index in [4.69, 9.17) is 9.47 Å². The van der Waals surface area contributed by atoms with Crippen LogP contribution in [0.5, 0.6) is 5.75 Å². The summed E-state index contributed by atoms with van der Waals surface area (Å²) in [4.78, 5) is 24.3. The Morgan fingerprint density at radius 2 is 1.42 bits per heavy atom. The molecule has 0 spiro atoms. The standard InChI is InChI=1S/C26H27NO4/c28-25(17-10-18-30-26(29)20-31-23-15-8-3-9-16-23)27-24(22-13-6-2-7-14-22)19-21-11-4-1-5-12-21/h1-9,11-16,24H,10,17-20H2,(H,27,28). The van der Waals surface area contributed by atoms with E-state index in [0.29, 0.717) is 18.6 Å². The fourth-order valence-corrected chi connectivity index (χ4v) is 3.17. The number of amides is 1. The molecule has 0 aromatic heterocycles. The van der Waals surface area contributed by atoms with Crippen LogP contribution in [0.1, 0.15) is 30.0 Å². The molecule has 5 nitrogen and oxygen atoms in total. The number of hydrogen-bond acceptors (Lipinski definition) is 4. The van der Waals surface area contributed by atoms with Gasteiger partial charge in [-0.1, -0.05) is 78.9 Å². The first-order chi connectivity index (χ1) is 15.2. The Labute approximate surface area is 183 Å². The zero-order valence-electron chi connectivity index (χ0n) is 17.4. The summed E-state index contributed by atoms with van der Waals surface area (Å²) in [6.07, 6.45) is 1.45. The molecular weight excluding hydrogens is 390 g/mol. The Balaban J connectivity index is 1.41. The minimum atomic E-state index is -0.449. The summed E-state index contributed by atoms with van der Waals surface area (Å²) in [6.45, 7) is 0.0302. The summed E-state index contributed by atoms with van der Waals surface area (Å²) in [6, 6.07) is 29.0. The molecular formula is C26H27NO4. The van der Waals surface area contributed by atoms with E-state index >= 15 is 0 Å². The van der Waals surface area contributed by atoms with Crippen molar-refractivity contribution in [3.8, 4) is 5.75 Å². The smallest absolute Gasteiger partial charge is 0.344 e. The highest BCUT2D eigenvalue weighted by Gasteiger charge is 2.15. The third-order valence-corrected chi connectivity index (χ3v) is 4.73. The first-order valence-corrected chi connectivity index (χ1v) is 10.4. The molecule has 3 rings (SSSR count). The fraction of sp³-hybridized carbons (Fsp3) is 0.231. The maximum Gasteiger partial charge on any atom is 0.344 e. The number of rotatable bonds is 11. The minimum absolute atomic E-state index is 0.0682. The quantitative estimate of drug-likeness (QED) is 0.369. The van der Waals surface area contributed by atoms with Crippen LogP contribution in [0.15, 0.2) is 91.0 Å². The van der Waals surface area contributed by atoms with E-state index in [1.165, 1.54) is 0 Å². The molecule has 1 N–H and O–H groups in total. The van der Waals surface area contributed by atoms with E-state index in [-0.39, 0.29) is 31.6 Å². The summed E-state index contributed by atoms with van der Waals surface area (Å²) in [5.74, 6) is 0.0982. The molecule has 1 unspecified atom stereocenters. The molecule has 0 saturated carbocycles. The molecule has 0 aliphatic heterocycles. The van der Waals surface area contributed by atoms with Crippen LogP contribution in [0.4, 0.5) is 0 Å². The van der Waals surface area contributed by atoms with Gasteiger partial charge in [0.05, 0.1) is 12.6 Å². The lowest BCUT2D eigenvalue weighted by Crippen LogP contribution is -2.30. The SMILES string of the molecule is O=C(CCCOC(=O)COc1ccccc1)NC(Cc1ccccc1)c1ccccc1. The molecule has 0 saturated heterocycles. The Bertz CT molecular complexity index is 929. The molecule has 0 aliphatic carbocycles. The lowest BCUT2D eigenvalue weighted by molar-refractivity contribution is -0.146. The topological polar surface area (TPSA) is 64.6 Å². The third kappa shape index (κ3) is 7.97. The average Bonchev–Trinajstić information content (AvgIpc) is 2.82. The van der Waals surface area contributed by atoms with Crippen molar-refractivity contribution in [2.45, 2.75) is 25.3 Å². The second-order valence-electron chi connectivity index (χ2n) is 7.15. The van der Waals surface area contributed by atoms with Crippen LogP contribution in [0.3, 0.4) is 0 Å². The first kappa shape index (κ1) is 22.1. The van der Waals surface area contributed by atoms with Crippen LogP contribution in [-0.4, -0.2) is 25.1 Å². The summed E-state index contributed by atoms with van der Waals surface area (Å²) >= 11 is 0. The first-order valence-electron chi connectivity index (χ1n) is 10.4. The normalized spacial score (nSPS) is 11.4. The Morgan fingerprint density at radius 1 is 0.806 bits per heavy atom. The predicted octanol–water partition coefficient (Wildman–Crippen LogP) is 4.49. The van der Waals surface area contributed by atoms with Crippen molar-refractivity contribution >= 4 is 11.9 Å². The van der Waals surface area contributed by atoms with Crippen molar-refractivity contribution in [3.05, 3.63) is 102 Å². The highest BCUT2D eigenvalue weighted by atomic mass is 16.6. The van der Waals surface area contributed by atoms with Gasteiger partial charge < -0.3 is 14.8 Å². The zero-order chi connectivity index (χ0) is 21.7. The summed E-state index contributed by atoms with van der Waals surface area (Å²) in [5.41, 5.74) is 2.22. The molecule has 0 aliphatic rings. The number of nitrogens with one attached hydrogen (secondary N) is 1. The van der Waals surface area contributed by atoms with Crippen molar-refractivity contribution in [2.24, 2.45) is 0 Å². The summed E-state index contributed by atoms with van der Waals surface area (Å²) in [7, 11) is 0. The number of para-hydroxylation sites is 1. The van der Waals surface area contributed by atoms with Gasteiger partial charge in [-0.15, -0.1) is 0 Å². The maximum atomic E-state index is 12.5. The zero-order valence-corrected chi connectivity index (χ0v) is 17.4. The van der Waals surface area contributed by atoms with Gasteiger partial charge in [-0.3, -0.25) is 4.79 Å². The highest BCUT2D eigenvalue weighted by Crippen LogP contribution is 2.18. The van der Waals surface area contributed by atoms with E-state index in [0.717, 1.165) is 11.1 Å². The highest BCUT2D eigenvalue weighted by molar-refractivity contribution is 5.76. The summed E-state index contributed by atoms with van der Waals surface area (Å²) < 4.78 is 10.5. The second-order valence-corrected chi connectivity index (χ2v) is 7.15. The number of carbonyl (C=O) groups is 2. The molecule has 3 aromatic carbocycles. The van der Waals surface area contributed by atoms with Crippen LogP contribution in [0.25, 0.3) is 0 Å². The average molecular weight is 418 g/mol. The van der Waals surface area contributed by atoms with E-state index in [9.17, 15) is 9.59 Å². The molecule has 0 radical (unpaired) electrons. The lowest BCUT2D eigenvalue weighted by atomic mass is 9.98. The monoisotopic (exact) mass is 417 g/mol. The molecule has 3 aromatic rings. The predicted molar refractivity (Wildman–Crippen MR) is 120 cm³/mol. The second kappa shape index (κ2) is 12.2. The molecule has 0 fully saturated rings. The van der Waals surface area contributed by atoms with Gasteiger partial charge in [-0.05, 0) is 36.1 Å². The van der Waals surface area contributed by atoms with Crippen LogP contribution in [0.2, 0.25) is 0 Å². The van der Waals surface area contributed by atoms with Crippen molar-refractivity contribution in [3.63, 3.8) is 0 Å². The van der Waals surface area contributed by atoms with Crippen LogP contribution in [-0.2, 0) is 20.7 Å². The van der Waals surface area contributed by atoms with Crippen LogP contribution >= 0.6 is 0 Å². The van der Waals surface area contributed by atoms with Gasteiger partial charge in [-0.2, -0.15) is 0 Å². The van der Waals surface area contributed by atoms with Crippen molar-refractivity contribution < 1.29 is 19.1 Å². The number of esters is 1. The van der Waals surface area contributed by atoms with Gasteiger partial charge in [0.2, 0.25) is 5.91 Å². The number of ether oxygens (including phenoxy) is 2. The molecule has 5 heteroatoms. The van der Waals surface area contributed by atoms with Gasteiger partial charge in [0.1, 0.15) is 5.75 Å². The van der Waals surface area contributed by atoms with E-state index in [1.807, 2.05) is 66.7 Å². The van der Waals surface area contributed by atoms with Gasteiger partial charge in [-0.25, -0.2) is 4.79 Å². The van der Waals surface area contributed by atoms with Crippen LogP contribution < -0.4 is 10.1 Å². The van der Waals surface area contributed by atoms with E-state index < -0.39 is 5.97 Å². The minimum Gasteiger partial charge on any atom is -0.482 e. The van der Waals surface area contributed by atoms with Gasteiger partial charge in [0, 0.05) is 6.42 Å². The number of benzene rings is 3. The van der Waals surface area contributed by atoms with E-state index in [1.54, 1.807) is 12.1 Å². The lowest BCUT2D eigenvalue weighted by Gasteiger charge is -2.19. The largest absolute Gasteiger partial charge is 0.482 e. The third-order valence-electron chi connectivity index (χ3n) is 4.73. The summed E-state index contributed by atoms with van der Waals surface area (Å²) in [5, 5.41) is 3.11. The molecule has 1 atom stereocenters.